The number of carbonyl (C=O) groups excluding carboxylic acids is 2. The van der Waals surface area contributed by atoms with Crippen LogP contribution in [0.5, 0.6) is 0 Å². The Balaban J connectivity index is 0.00000154. The number of likely N-dealkylation sites (tertiary alicyclic amines) is 1. The Labute approximate surface area is 117 Å². The zero-order valence-corrected chi connectivity index (χ0v) is 12.8. The molecule has 1 aliphatic rings. The summed E-state index contributed by atoms with van der Waals surface area (Å²) in [6.45, 7) is 10.6. The van der Waals surface area contributed by atoms with Crippen molar-refractivity contribution in [1.82, 2.24) is 15.5 Å². The van der Waals surface area contributed by atoms with E-state index in [-0.39, 0.29) is 17.9 Å². The van der Waals surface area contributed by atoms with Crippen LogP contribution in [0.2, 0.25) is 0 Å². The molecule has 1 aliphatic heterocycles. The van der Waals surface area contributed by atoms with E-state index in [1.165, 1.54) is 0 Å². The molecule has 0 aromatic heterocycles. The van der Waals surface area contributed by atoms with Crippen LogP contribution >= 0.6 is 0 Å². The molecule has 0 bridgehead atoms. The Hall–Kier alpha value is -1.10. The van der Waals surface area contributed by atoms with Crippen molar-refractivity contribution in [3.63, 3.8) is 0 Å². The summed E-state index contributed by atoms with van der Waals surface area (Å²) in [5.41, 5.74) is 0. The van der Waals surface area contributed by atoms with Crippen molar-refractivity contribution in [2.75, 3.05) is 26.2 Å². The monoisotopic (exact) mass is 271 g/mol. The summed E-state index contributed by atoms with van der Waals surface area (Å²) in [6, 6.07) is 0.224. The zero-order valence-electron chi connectivity index (χ0n) is 12.8. The Morgan fingerprint density at radius 1 is 1.16 bits per heavy atom. The van der Waals surface area contributed by atoms with E-state index in [0.29, 0.717) is 13.0 Å². The molecule has 0 atom stereocenters. The second-order valence-electron chi connectivity index (χ2n) is 4.36. The number of nitrogens with one attached hydrogen (secondary N) is 2. The molecule has 1 rings (SSSR count). The molecule has 112 valence electrons. The van der Waals surface area contributed by atoms with Gasteiger partial charge in [-0.05, 0) is 19.4 Å². The number of hydrogen-bond donors (Lipinski definition) is 2. The number of piperidine rings is 1. The Kier molecular flexibility index (Phi) is 10.2. The summed E-state index contributed by atoms with van der Waals surface area (Å²) in [4.78, 5) is 24.8. The quantitative estimate of drug-likeness (QED) is 0.788. The van der Waals surface area contributed by atoms with Crippen LogP contribution < -0.4 is 10.6 Å². The van der Waals surface area contributed by atoms with Gasteiger partial charge in [0.05, 0.1) is 6.54 Å². The maximum atomic E-state index is 11.5. The average Bonchev–Trinajstić information content (AvgIpc) is 2.47. The van der Waals surface area contributed by atoms with Gasteiger partial charge in [-0.1, -0.05) is 27.7 Å². The van der Waals surface area contributed by atoms with Gasteiger partial charge in [0, 0.05) is 25.6 Å². The average molecular weight is 271 g/mol. The molecule has 5 nitrogen and oxygen atoms in total. The topological polar surface area (TPSA) is 61.4 Å². The molecular weight excluding hydrogens is 242 g/mol. The van der Waals surface area contributed by atoms with Crippen LogP contribution in [-0.4, -0.2) is 48.9 Å². The summed E-state index contributed by atoms with van der Waals surface area (Å²) < 4.78 is 0. The highest BCUT2D eigenvalue weighted by Gasteiger charge is 2.22. The molecule has 0 unspecified atom stereocenters. The Morgan fingerprint density at radius 2 is 1.74 bits per heavy atom. The molecule has 0 aliphatic carbocycles. The van der Waals surface area contributed by atoms with Crippen LogP contribution in [-0.2, 0) is 9.59 Å². The zero-order chi connectivity index (χ0) is 14.7. The third-order valence-corrected chi connectivity index (χ3v) is 3.05. The standard InChI is InChI=1S/C12H23N3O2.C2H6/c1-3-12(17)15-7-5-10(6-8-15)14-11(16)9-13-4-2;1-2/h10,13H,3-9H2,1-2H3,(H,14,16);1-2H3. The predicted molar refractivity (Wildman–Crippen MR) is 77.9 cm³/mol. The van der Waals surface area contributed by atoms with E-state index in [1.54, 1.807) is 0 Å². The van der Waals surface area contributed by atoms with Gasteiger partial charge in [0.2, 0.25) is 11.8 Å². The van der Waals surface area contributed by atoms with Crippen LogP contribution in [0, 0.1) is 0 Å². The molecule has 0 aromatic carbocycles. The van der Waals surface area contributed by atoms with Crippen LogP contribution in [0.4, 0.5) is 0 Å². The first-order chi connectivity index (χ1) is 9.17. The molecule has 0 radical (unpaired) electrons. The van der Waals surface area contributed by atoms with Gasteiger partial charge in [0.1, 0.15) is 0 Å². The molecule has 5 heteroatoms. The SMILES string of the molecule is CC.CCNCC(=O)NC1CCN(C(=O)CC)CC1. The van der Waals surface area contributed by atoms with Gasteiger partial charge < -0.3 is 15.5 Å². The highest BCUT2D eigenvalue weighted by Crippen LogP contribution is 2.11. The third-order valence-electron chi connectivity index (χ3n) is 3.05. The van der Waals surface area contributed by atoms with Gasteiger partial charge in [-0.15, -0.1) is 0 Å². The van der Waals surface area contributed by atoms with Crippen molar-refractivity contribution in [1.29, 1.82) is 0 Å². The van der Waals surface area contributed by atoms with Crippen molar-refractivity contribution >= 4 is 11.8 Å². The van der Waals surface area contributed by atoms with Crippen LogP contribution in [0.15, 0.2) is 0 Å². The summed E-state index contributed by atoms with van der Waals surface area (Å²) in [5.74, 6) is 0.259. The fourth-order valence-electron chi connectivity index (χ4n) is 2.01. The van der Waals surface area contributed by atoms with E-state index >= 15 is 0 Å². The van der Waals surface area contributed by atoms with Gasteiger partial charge in [0.25, 0.3) is 0 Å². The molecular formula is C14H29N3O2. The normalized spacial score (nSPS) is 15.5. The summed E-state index contributed by atoms with van der Waals surface area (Å²) in [5, 5.41) is 5.99. The minimum absolute atomic E-state index is 0.0483. The number of nitrogens with zero attached hydrogens (tertiary/aromatic N) is 1. The number of rotatable bonds is 5. The third kappa shape index (κ3) is 7.15. The van der Waals surface area contributed by atoms with Crippen molar-refractivity contribution in [2.24, 2.45) is 0 Å². The first-order valence-electron chi connectivity index (χ1n) is 7.45. The van der Waals surface area contributed by atoms with E-state index in [9.17, 15) is 9.59 Å². The van der Waals surface area contributed by atoms with Crippen LogP contribution in [0.25, 0.3) is 0 Å². The number of amides is 2. The molecule has 2 N–H and O–H groups in total. The van der Waals surface area contributed by atoms with Gasteiger partial charge in [0.15, 0.2) is 0 Å². The molecule has 0 aromatic rings. The van der Waals surface area contributed by atoms with E-state index < -0.39 is 0 Å². The molecule has 1 fully saturated rings. The highest BCUT2D eigenvalue weighted by atomic mass is 16.2. The van der Waals surface area contributed by atoms with Gasteiger partial charge in [-0.2, -0.15) is 0 Å². The lowest BCUT2D eigenvalue weighted by Crippen LogP contribution is -2.48. The largest absolute Gasteiger partial charge is 0.352 e. The molecule has 1 heterocycles. The molecule has 1 saturated heterocycles. The lowest BCUT2D eigenvalue weighted by molar-refractivity contribution is -0.132. The van der Waals surface area contributed by atoms with Gasteiger partial charge in [-0.25, -0.2) is 0 Å². The number of hydrogen-bond acceptors (Lipinski definition) is 3. The second kappa shape index (κ2) is 10.8. The maximum Gasteiger partial charge on any atom is 0.234 e. The molecule has 0 saturated carbocycles. The van der Waals surface area contributed by atoms with Gasteiger partial charge >= 0.3 is 0 Å². The minimum atomic E-state index is 0.0483. The van der Waals surface area contributed by atoms with Crippen LogP contribution in [0.3, 0.4) is 0 Å². The van der Waals surface area contributed by atoms with Crippen molar-refractivity contribution in [3.05, 3.63) is 0 Å². The Morgan fingerprint density at radius 3 is 2.21 bits per heavy atom. The number of carbonyl (C=O) groups is 2. The number of likely N-dealkylation sites (N-methyl/N-ethyl adjacent to an activating group) is 1. The van der Waals surface area contributed by atoms with Crippen molar-refractivity contribution in [3.8, 4) is 0 Å². The summed E-state index contributed by atoms with van der Waals surface area (Å²) in [7, 11) is 0. The van der Waals surface area contributed by atoms with E-state index in [4.69, 9.17) is 0 Å². The first kappa shape index (κ1) is 17.9. The predicted octanol–water partition coefficient (Wildman–Crippen LogP) is 1.14. The summed E-state index contributed by atoms with van der Waals surface area (Å²) in [6.07, 6.45) is 2.30. The van der Waals surface area contributed by atoms with E-state index in [1.807, 2.05) is 32.6 Å². The second-order valence-corrected chi connectivity index (χ2v) is 4.36. The minimum Gasteiger partial charge on any atom is -0.352 e. The van der Waals surface area contributed by atoms with Gasteiger partial charge in [-0.3, -0.25) is 9.59 Å². The lowest BCUT2D eigenvalue weighted by atomic mass is 10.0. The van der Waals surface area contributed by atoms with E-state index in [0.717, 1.165) is 32.5 Å². The fraction of sp³-hybridized carbons (Fsp3) is 0.857. The smallest absolute Gasteiger partial charge is 0.234 e. The molecule has 19 heavy (non-hydrogen) atoms. The molecule has 0 spiro atoms. The maximum absolute atomic E-state index is 11.5. The fourth-order valence-corrected chi connectivity index (χ4v) is 2.01. The first-order valence-corrected chi connectivity index (χ1v) is 7.45. The lowest BCUT2D eigenvalue weighted by Gasteiger charge is -2.32. The van der Waals surface area contributed by atoms with Crippen LogP contribution in [0.1, 0.15) is 47.0 Å². The Bertz CT molecular complexity index is 261. The summed E-state index contributed by atoms with van der Waals surface area (Å²) >= 11 is 0. The highest BCUT2D eigenvalue weighted by molar-refractivity contribution is 5.78. The molecule has 2 amide bonds. The van der Waals surface area contributed by atoms with E-state index in [2.05, 4.69) is 10.6 Å². The van der Waals surface area contributed by atoms with Crippen molar-refractivity contribution < 1.29 is 9.59 Å². The van der Waals surface area contributed by atoms with Crippen molar-refractivity contribution in [2.45, 2.75) is 53.0 Å².